The first-order chi connectivity index (χ1) is 12.1. The summed E-state index contributed by atoms with van der Waals surface area (Å²) in [6, 6.07) is 4.38. The largest absolute Gasteiger partial charge is 0.368 e. The first-order valence-corrected chi connectivity index (χ1v) is 9.96. The summed E-state index contributed by atoms with van der Waals surface area (Å²) in [4.78, 5) is 16.4. The Morgan fingerprint density at radius 3 is 2.44 bits per heavy atom. The van der Waals surface area contributed by atoms with E-state index in [2.05, 4.69) is 31.6 Å². The van der Waals surface area contributed by atoms with Crippen LogP contribution in [0.15, 0.2) is 6.07 Å². The highest BCUT2D eigenvalue weighted by Crippen LogP contribution is 2.29. The summed E-state index contributed by atoms with van der Waals surface area (Å²) in [5.74, 6) is 1.38. The van der Waals surface area contributed by atoms with Crippen LogP contribution in [0.5, 0.6) is 0 Å². The van der Waals surface area contributed by atoms with Gasteiger partial charge in [0.25, 0.3) is 0 Å². The van der Waals surface area contributed by atoms with Crippen molar-refractivity contribution in [3.63, 3.8) is 0 Å². The van der Waals surface area contributed by atoms with E-state index in [1.165, 1.54) is 51.7 Å². The number of piperidine rings is 2. The van der Waals surface area contributed by atoms with E-state index in [-0.39, 0.29) is 0 Å². The Kier molecular flexibility index (Phi) is 4.82. The second kappa shape index (κ2) is 7.08. The smallest absolute Gasteiger partial charge is 0.222 e. The van der Waals surface area contributed by atoms with E-state index in [1.807, 2.05) is 13.0 Å². The lowest BCUT2D eigenvalue weighted by atomic mass is 9.93. The summed E-state index contributed by atoms with van der Waals surface area (Å²) in [5.41, 5.74) is 6.76. The zero-order chi connectivity index (χ0) is 17.4. The molecule has 3 aliphatic heterocycles. The molecule has 4 heterocycles. The Morgan fingerprint density at radius 1 is 1.00 bits per heavy atom. The normalized spacial score (nSPS) is 27.4. The zero-order valence-corrected chi connectivity index (χ0v) is 15.7. The second-order valence-corrected chi connectivity index (χ2v) is 8.13. The van der Waals surface area contributed by atoms with Crippen LogP contribution in [0.3, 0.4) is 0 Å². The van der Waals surface area contributed by atoms with Gasteiger partial charge in [-0.2, -0.15) is 4.98 Å². The van der Waals surface area contributed by atoms with Crippen molar-refractivity contribution in [1.29, 1.82) is 0 Å². The predicted molar refractivity (Wildman–Crippen MR) is 102 cm³/mol. The van der Waals surface area contributed by atoms with Gasteiger partial charge < -0.3 is 10.6 Å². The van der Waals surface area contributed by atoms with Crippen molar-refractivity contribution in [1.82, 2.24) is 19.8 Å². The van der Waals surface area contributed by atoms with E-state index < -0.39 is 0 Å². The fourth-order valence-corrected chi connectivity index (χ4v) is 4.86. The third-order valence-electron chi connectivity index (χ3n) is 6.38. The molecule has 1 unspecified atom stereocenters. The lowest BCUT2D eigenvalue weighted by Crippen LogP contribution is -2.65. The van der Waals surface area contributed by atoms with Gasteiger partial charge in [-0.1, -0.05) is 6.42 Å². The summed E-state index contributed by atoms with van der Waals surface area (Å²) < 4.78 is 0. The number of anilines is 2. The van der Waals surface area contributed by atoms with Gasteiger partial charge in [-0.25, -0.2) is 4.98 Å². The molecular weight excluding hydrogens is 312 g/mol. The molecule has 25 heavy (non-hydrogen) atoms. The van der Waals surface area contributed by atoms with Crippen molar-refractivity contribution in [2.24, 2.45) is 0 Å². The van der Waals surface area contributed by atoms with Crippen LogP contribution in [0, 0.1) is 6.92 Å². The number of aromatic nitrogens is 2. The molecule has 2 N–H and O–H groups in total. The van der Waals surface area contributed by atoms with Crippen molar-refractivity contribution < 1.29 is 0 Å². The highest BCUT2D eigenvalue weighted by atomic mass is 15.3. The Bertz CT molecular complexity index is 571. The summed E-state index contributed by atoms with van der Waals surface area (Å²) >= 11 is 0. The van der Waals surface area contributed by atoms with E-state index in [0.717, 1.165) is 42.7 Å². The van der Waals surface area contributed by atoms with Crippen LogP contribution in [-0.4, -0.2) is 70.6 Å². The third kappa shape index (κ3) is 3.60. The minimum atomic E-state index is 0.387. The number of hydrogen-bond acceptors (Lipinski definition) is 6. The molecule has 6 heteroatoms. The van der Waals surface area contributed by atoms with Crippen molar-refractivity contribution >= 4 is 11.8 Å². The Labute approximate surface area is 151 Å². The van der Waals surface area contributed by atoms with Crippen molar-refractivity contribution in [3.8, 4) is 0 Å². The van der Waals surface area contributed by atoms with E-state index >= 15 is 0 Å². The number of nitrogens with two attached hydrogens (primary N) is 1. The molecule has 0 bridgehead atoms. The molecular formula is C19H32N6. The molecule has 138 valence electrons. The Balaban J connectivity index is 1.27. The van der Waals surface area contributed by atoms with Crippen LogP contribution in [0.4, 0.5) is 11.8 Å². The maximum Gasteiger partial charge on any atom is 0.222 e. The molecule has 3 fully saturated rings. The molecule has 0 aromatic carbocycles. The molecule has 4 rings (SSSR count). The Morgan fingerprint density at radius 2 is 1.76 bits per heavy atom. The zero-order valence-electron chi connectivity index (χ0n) is 15.7. The van der Waals surface area contributed by atoms with Crippen molar-refractivity contribution in [3.05, 3.63) is 11.8 Å². The maximum atomic E-state index is 5.81. The monoisotopic (exact) mass is 344 g/mol. The molecule has 3 aliphatic rings. The average molecular weight is 345 g/mol. The lowest BCUT2D eigenvalue weighted by Gasteiger charge is -2.53. The van der Waals surface area contributed by atoms with E-state index in [9.17, 15) is 0 Å². The van der Waals surface area contributed by atoms with Gasteiger partial charge in [-0.3, -0.25) is 9.80 Å². The van der Waals surface area contributed by atoms with Gasteiger partial charge in [0, 0.05) is 56.1 Å². The topological polar surface area (TPSA) is 61.5 Å². The maximum absolute atomic E-state index is 5.81. The molecule has 1 aromatic heterocycles. The molecule has 0 aliphatic carbocycles. The number of rotatable bonds is 3. The summed E-state index contributed by atoms with van der Waals surface area (Å²) in [7, 11) is 0. The first kappa shape index (κ1) is 17.0. The molecule has 1 aromatic rings. The highest BCUT2D eigenvalue weighted by molar-refractivity contribution is 5.43. The standard InChI is InChI=1S/C19H32N6/c1-14-11-18(22-19(20)21-14)23-9-6-16(7-10-23)24-12-17(13-24)25-8-4-3-5-15(25)2/h11,15-17H,3-10,12-13H2,1-2H3,(H2,20,21,22). The van der Waals surface area contributed by atoms with E-state index in [4.69, 9.17) is 5.73 Å². The fraction of sp³-hybridized carbons (Fsp3) is 0.789. The summed E-state index contributed by atoms with van der Waals surface area (Å²) in [6.07, 6.45) is 6.65. The lowest BCUT2D eigenvalue weighted by molar-refractivity contribution is -0.0286. The molecule has 3 saturated heterocycles. The van der Waals surface area contributed by atoms with Gasteiger partial charge >= 0.3 is 0 Å². The van der Waals surface area contributed by atoms with Gasteiger partial charge in [-0.05, 0) is 46.1 Å². The van der Waals surface area contributed by atoms with Crippen LogP contribution in [0.1, 0.15) is 44.7 Å². The number of nitrogens with zero attached hydrogens (tertiary/aromatic N) is 5. The van der Waals surface area contributed by atoms with Gasteiger partial charge in [0.05, 0.1) is 0 Å². The number of likely N-dealkylation sites (tertiary alicyclic amines) is 2. The number of aryl methyl sites for hydroxylation is 1. The highest BCUT2D eigenvalue weighted by Gasteiger charge is 2.39. The van der Waals surface area contributed by atoms with Crippen LogP contribution >= 0.6 is 0 Å². The molecule has 0 amide bonds. The first-order valence-electron chi connectivity index (χ1n) is 9.96. The fourth-order valence-electron chi connectivity index (χ4n) is 4.86. The van der Waals surface area contributed by atoms with Gasteiger partial charge in [0.15, 0.2) is 0 Å². The van der Waals surface area contributed by atoms with Gasteiger partial charge in [-0.15, -0.1) is 0 Å². The Hall–Kier alpha value is -1.40. The molecule has 0 radical (unpaired) electrons. The molecule has 0 spiro atoms. The van der Waals surface area contributed by atoms with Crippen molar-refractivity contribution in [2.75, 3.05) is 43.4 Å². The van der Waals surface area contributed by atoms with Crippen molar-refractivity contribution in [2.45, 2.75) is 64.1 Å². The average Bonchev–Trinajstić information content (AvgIpc) is 2.55. The summed E-state index contributed by atoms with van der Waals surface area (Å²) in [5, 5.41) is 0. The number of hydrogen-bond donors (Lipinski definition) is 1. The van der Waals surface area contributed by atoms with Crippen LogP contribution in [-0.2, 0) is 0 Å². The van der Waals surface area contributed by atoms with Gasteiger partial charge in [0.2, 0.25) is 5.95 Å². The SMILES string of the molecule is Cc1cc(N2CCC(N3CC(N4CCCCC4C)C3)CC2)nc(N)n1. The molecule has 6 nitrogen and oxygen atoms in total. The number of nitrogen functional groups attached to an aromatic ring is 1. The molecule has 0 saturated carbocycles. The molecule has 1 atom stereocenters. The van der Waals surface area contributed by atoms with Crippen LogP contribution < -0.4 is 10.6 Å². The predicted octanol–water partition coefficient (Wildman–Crippen LogP) is 1.89. The quantitative estimate of drug-likeness (QED) is 0.904. The minimum absolute atomic E-state index is 0.387. The second-order valence-electron chi connectivity index (χ2n) is 8.13. The summed E-state index contributed by atoms with van der Waals surface area (Å²) in [6.45, 7) is 10.4. The van der Waals surface area contributed by atoms with E-state index in [0.29, 0.717) is 5.95 Å². The van der Waals surface area contributed by atoms with Gasteiger partial charge in [0.1, 0.15) is 5.82 Å². The third-order valence-corrected chi connectivity index (χ3v) is 6.38. The van der Waals surface area contributed by atoms with E-state index in [1.54, 1.807) is 0 Å². The minimum Gasteiger partial charge on any atom is -0.368 e. The van der Waals surface area contributed by atoms with Crippen LogP contribution in [0.2, 0.25) is 0 Å². The van der Waals surface area contributed by atoms with Crippen LogP contribution in [0.25, 0.3) is 0 Å².